The molecule has 0 fully saturated rings. The van der Waals surface area contributed by atoms with Crippen molar-refractivity contribution < 1.29 is 4.74 Å². The third-order valence-corrected chi connectivity index (χ3v) is 3.54. The zero-order valence-corrected chi connectivity index (χ0v) is 10.9. The first-order chi connectivity index (χ1) is 7.63. The van der Waals surface area contributed by atoms with E-state index in [0.29, 0.717) is 11.4 Å². The number of hydrogen-bond acceptors (Lipinski definition) is 5. The Bertz CT molecular complexity index is 554. The molecule has 0 saturated heterocycles. The summed E-state index contributed by atoms with van der Waals surface area (Å²) in [4.78, 5) is 5.43. The third-order valence-electron chi connectivity index (χ3n) is 2.17. The molecular weight excluding hydrogens is 244 g/mol. The van der Waals surface area contributed by atoms with Crippen molar-refractivity contribution in [3.8, 4) is 10.7 Å². The van der Waals surface area contributed by atoms with Crippen LogP contribution in [0.3, 0.4) is 0 Å². The molecule has 86 valence electrons. The Morgan fingerprint density at radius 2 is 2.31 bits per heavy atom. The number of hydrogen-bond donors (Lipinski definition) is 1. The number of rotatable bonds is 3. The minimum absolute atomic E-state index is 0.485. The van der Waals surface area contributed by atoms with Crippen LogP contribution in [0.5, 0.6) is 0 Å². The van der Waals surface area contributed by atoms with Crippen molar-refractivity contribution >= 4 is 23.6 Å². The maximum atomic E-state index is 5.12. The highest BCUT2D eigenvalue weighted by molar-refractivity contribution is 7.71. The highest BCUT2D eigenvalue weighted by atomic mass is 32.1. The first-order valence-electron chi connectivity index (χ1n) is 4.70. The molecule has 0 aliphatic carbocycles. The summed E-state index contributed by atoms with van der Waals surface area (Å²) >= 11 is 6.68. The molecule has 0 saturated carbocycles. The van der Waals surface area contributed by atoms with Crippen LogP contribution >= 0.6 is 23.6 Å². The Labute approximate surface area is 102 Å². The van der Waals surface area contributed by atoms with Crippen LogP contribution in [0.4, 0.5) is 0 Å². The Morgan fingerprint density at radius 3 is 2.88 bits per heavy atom. The van der Waals surface area contributed by atoms with Crippen LogP contribution in [0, 0.1) is 11.7 Å². The molecule has 2 aromatic rings. The monoisotopic (exact) mass is 256 g/mol. The molecule has 1 N–H and O–H groups in total. The number of aromatic nitrogens is 4. The van der Waals surface area contributed by atoms with Crippen LogP contribution in [-0.4, -0.2) is 26.9 Å². The van der Waals surface area contributed by atoms with Gasteiger partial charge in [0.15, 0.2) is 10.6 Å². The lowest BCUT2D eigenvalue weighted by Crippen LogP contribution is -1.96. The van der Waals surface area contributed by atoms with Gasteiger partial charge in [0.25, 0.3) is 0 Å². The van der Waals surface area contributed by atoms with E-state index in [9.17, 15) is 0 Å². The van der Waals surface area contributed by atoms with Gasteiger partial charge in [-0.1, -0.05) is 0 Å². The van der Waals surface area contributed by atoms with Crippen molar-refractivity contribution in [1.82, 2.24) is 19.7 Å². The number of thiazole rings is 1. The van der Waals surface area contributed by atoms with Crippen LogP contribution in [0.1, 0.15) is 10.7 Å². The number of ether oxygens (including phenoxy) is 1. The van der Waals surface area contributed by atoms with Gasteiger partial charge in [0.2, 0.25) is 0 Å². The largest absolute Gasteiger partial charge is 0.378 e. The number of H-pyrrole nitrogens is 1. The number of nitrogens with one attached hydrogen (secondary N) is 1. The van der Waals surface area contributed by atoms with Gasteiger partial charge in [-0.3, -0.25) is 5.10 Å². The van der Waals surface area contributed by atoms with Crippen molar-refractivity contribution in [3.05, 3.63) is 15.5 Å². The molecular formula is C9H12N4OS2. The smallest absolute Gasteiger partial charge is 0.195 e. The van der Waals surface area contributed by atoms with E-state index in [1.54, 1.807) is 18.4 Å². The Hall–Kier alpha value is -1.05. The average Bonchev–Trinajstić information content (AvgIpc) is 2.74. The van der Waals surface area contributed by atoms with Crippen LogP contribution in [0.15, 0.2) is 0 Å². The minimum Gasteiger partial charge on any atom is -0.378 e. The summed E-state index contributed by atoms with van der Waals surface area (Å²) < 4.78 is 7.56. The molecule has 2 rings (SSSR count). The highest BCUT2D eigenvalue weighted by Crippen LogP contribution is 2.28. The summed E-state index contributed by atoms with van der Waals surface area (Å²) in [6.45, 7) is 2.45. The Morgan fingerprint density at radius 1 is 1.56 bits per heavy atom. The number of aromatic amines is 1. The molecule has 2 heterocycles. The van der Waals surface area contributed by atoms with Crippen LogP contribution in [-0.2, 0) is 18.4 Å². The fraction of sp³-hybridized carbons (Fsp3) is 0.444. The van der Waals surface area contributed by atoms with E-state index in [0.717, 1.165) is 21.4 Å². The molecule has 0 unspecified atom stereocenters. The Kier molecular flexibility index (Phi) is 3.17. The highest BCUT2D eigenvalue weighted by Gasteiger charge is 2.15. The topological polar surface area (TPSA) is 55.7 Å². The summed E-state index contributed by atoms with van der Waals surface area (Å²) in [7, 11) is 3.54. The van der Waals surface area contributed by atoms with E-state index in [-0.39, 0.29) is 0 Å². The molecule has 0 spiro atoms. The van der Waals surface area contributed by atoms with Gasteiger partial charge in [0, 0.05) is 14.2 Å². The second kappa shape index (κ2) is 4.44. The molecule has 5 nitrogen and oxygen atoms in total. The third kappa shape index (κ3) is 1.93. The van der Waals surface area contributed by atoms with Crippen molar-refractivity contribution in [2.24, 2.45) is 7.05 Å². The zero-order valence-electron chi connectivity index (χ0n) is 9.27. The summed E-state index contributed by atoms with van der Waals surface area (Å²) in [5.74, 6) is 0.808. The lowest BCUT2D eigenvalue weighted by atomic mass is 10.3. The van der Waals surface area contributed by atoms with E-state index < -0.39 is 0 Å². The minimum atomic E-state index is 0.485. The number of aryl methyl sites for hydroxylation is 1. The normalized spacial score (nSPS) is 10.9. The SMILES string of the molecule is COCc1nc(C)sc1-c1n[nH]c(=S)n1C. The van der Waals surface area contributed by atoms with Crippen LogP contribution < -0.4 is 0 Å². The second-order valence-corrected chi connectivity index (χ2v) is 4.94. The van der Waals surface area contributed by atoms with Crippen LogP contribution in [0.2, 0.25) is 0 Å². The first-order valence-corrected chi connectivity index (χ1v) is 5.93. The Balaban J connectivity index is 2.54. The predicted octanol–water partition coefficient (Wildman–Crippen LogP) is 2.06. The molecule has 0 radical (unpaired) electrons. The molecule has 2 aromatic heterocycles. The summed E-state index contributed by atoms with van der Waals surface area (Å²) in [6, 6.07) is 0. The average molecular weight is 256 g/mol. The van der Waals surface area contributed by atoms with Gasteiger partial charge in [-0.15, -0.1) is 11.3 Å². The molecule has 0 aliphatic heterocycles. The van der Waals surface area contributed by atoms with Gasteiger partial charge in [0.05, 0.1) is 22.2 Å². The molecule has 0 aromatic carbocycles. The lowest BCUT2D eigenvalue weighted by molar-refractivity contribution is 0.182. The van der Waals surface area contributed by atoms with Gasteiger partial charge < -0.3 is 9.30 Å². The summed E-state index contributed by atoms with van der Waals surface area (Å²) in [5.41, 5.74) is 0.905. The van der Waals surface area contributed by atoms with Gasteiger partial charge >= 0.3 is 0 Å². The maximum Gasteiger partial charge on any atom is 0.195 e. The van der Waals surface area contributed by atoms with E-state index in [1.165, 1.54) is 0 Å². The molecule has 0 atom stereocenters. The number of methoxy groups -OCH3 is 1. The first kappa shape index (κ1) is 11.4. The second-order valence-electron chi connectivity index (χ2n) is 3.35. The molecule has 16 heavy (non-hydrogen) atoms. The summed E-state index contributed by atoms with van der Waals surface area (Å²) in [6.07, 6.45) is 0. The zero-order chi connectivity index (χ0) is 11.7. The molecule has 0 bridgehead atoms. The van der Waals surface area contributed by atoms with Gasteiger partial charge in [-0.25, -0.2) is 4.98 Å². The van der Waals surface area contributed by atoms with Crippen molar-refractivity contribution in [2.75, 3.05) is 7.11 Å². The van der Waals surface area contributed by atoms with E-state index in [2.05, 4.69) is 15.2 Å². The standard InChI is InChI=1S/C9H12N4OS2/c1-5-10-6(4-14-3)7(16-5)8-11-12-9(15)13(8)2/h4H2,1-3H3,(H,12,15). The van der Waals surface area contributed by atoms with Gasteiger partial charge in [-0.05, 0) is 19.1 Å². The van der Waals surface area contributed by atoms with Crippen molar-refractivity contribution in [2.45, 2.75) is 13.5 Å². The van der Waals surface area contributed by atoms with Crippen molar-refractivity contribution in [3.63, 3.8) is 0 Å². The maximum absolute atomic E-state index is 5.12. The van der Waals surface area contributed by atoms with Gasteiger partial charge in [-0.2, -0.15) is 5.10 Å². The van der Waals surface area contributed by atoms with Crippen LogP contribution in [0.25, 0.3) is 10.7 Å². The van der Waals surface area contributed by atoms with Crippen molar-refractivity contribution in [1.29, 1.82) is 0 Å². The lowest BCUT2D eigenvalue weighted by Gasteiger charge is -2.00. The summed E-state index contributed by atoms with van der Waals surface area (Å²) in [5, 5.41) is 7.97. The molecule has 0 amide bonds. The fourth-order valence-electron chi connectivity index (χ4n) is 1.43. The fourth-order valence-corrected chi connectivity index (χ4v) is 2.51. The molecule has 0 aliphatic rings. The quantitative estimate of drug-likeness (QED) is 0.854. The predicted molar refractivity (Wildman–Crippen MR) is 65.0 cm³/mol. The van der Waals surface area contributed by atoms with E-state index >= 15 is 0 Å². The molecule has 7 heteroatoms. The van der Waals surface area contributed by atoms with E-state index in [1.807, 2.05) is 18.5 Å². The van der Waals surface area contributed by atoms with Gasteiger partial charge in [0.1, 0.15) is 0 Å². The van der Waals surface area contributed by atoms with E-state index in [4.69, 9.17) is 17.0 Å². The number of nitrogens with zero attached hydrogens (tertiary/aromatic N) is 3.